The predicted molar refractivity (Wildman–Crippen MR) is 93.5 cm³/mol. The van der Waals surface area contributed by atoms with Gasteiger partial charge in [-0.05, 0) is 0 Å². The average molecular weight is 424 g/mol. The fourth-order valence-corrected chi connectivity index (χ4v) is 4.59. The standard InChI is InChI=1S/C18H17F2N3O2Se/c1-25-14-3-5-15(6-4-14)26-10-18(24,9-23-12-21-11-22-23)16-7-2-13(19)8-17(16)20/h2-8,11-12,24H,9-10H2,1H3. The van der Waals surface area contributed by atoms with Crippen molar-refractivity contribution in [3.05, 3.63) is 72.3 Å². The molecule has 0 amide bonds. The van der Waals surface area contributed by atoms with Gasteiger partial charge in [-0.25, -0.2) is 0 Å². The van der Waals surface area contributed by atoms with Gasteiger partial charge >= 0.3 is 155 Å². The number of hydrogen-bond acceptors (Lipinski definition) is 4. The zero-order chi connectivity index (χ0) is 18.6. The topological polar surface area (TPSA) is 60.2 Å². The second-order valence-electron chi connectivity index (χ2n) is 5.71. The van der Waals surface area contributed by atoms with Crippen LogP contribution in [0.5, 0.6) is 5.75 Å². The molecule has 1 atom stereocenters. The number of aliphatic hydroxyl groups is 1. The van der Waals surface area contributed by atoms with E-state index in [-0.39, 0.29) is 32.4 Å². The number of methoxy groups -OCH3 is 1. The van der Waals surface area contributed by atoms with Crippen molar-refractivity contribution in [3.8, 4) is 5.75 Å². The van der Waals surface area contributed by atoms with Crippen LogP contribution in [0.25, 0.3) is 0 Å². The molecule has 0 radical (unpaired) electrons. The van der Waals surface area contributed by atoms with Crippen LogP contribution in [0, 0.1) is 11.6 Å². The van der Waals surface area contributed by atoms with Crippen molar-refractivity contribution >= 4 is 19.4 Å². The number of nitrogens with zero attached hydrogens (tertiary/aromatic N) is 3. The van der Waals surface area contributed by atoms with Crippen molar-refractivity contribution in [3.63, 3.8) is 0 Å². The molecule has 0 spiro atoms. The van der Waals surface area contributed by atoms with Crippen LogP contribution in [-0.4, -0.2) is 41.9 Å². The van der Waals surface area contributed by atoms with E-state index in [1.807, 2.05) is 24.3 Å². The minimum absolute atomic E-state index is 0.0213. The molecule has 0 aliphatic carbocycles. The second kappa shape index (κ2) is 7.95. The quantitative estimate of drug-likeness (QED) is 0.589. The summed E-state index contributed by atoms with van der Waals surface area (Å²) < 4.78 is 35.2. The first-order valence-electron chi connectivity index (χ1n) is 7.77. The molecule has 1 unspecified atom stereocenters. The summed E-state index contributed by atoms with van der Waals surface area (Å²) in [4.78, 5) is 3.85. The summed E-state index contributed by atoms with van der Waals surface area (Å²) in [6.07, 6.45) is 2.79. The van der Waals surface area contributed by atoms with E-state index in [4.69, 9.17) is 4.74 Å². The molecule has 0 aliphatic heterocycles. The first-order valence-corrected chi connectivity index (χ1v) is 9.84. The maximum atomic E-state index is 14.3. The SMILES string of the molecule is COc1ccc([Se]CC(O)(Cn2cncn2)c2ccc(F)cc2F)cc1. The zero-order valence-electron chi connectivity index (χ0n) is 14.0. The van der Waals surface area contributed by atoms with Gasteiger partial charge in [0.15, 0.2) is 0 Å². The predicted octanol–water partition coefficient (Wildman–Crippen LogP) is 1.90. The molecular formula is C18H17F2N3O2Se. The van der Waals surface area contributed by atoms with Gasteiger partial charge in [0.25, 0.3) is 0 Å². The molecule has 0 aliphatic rings. The van der Waals surface area contributed by atoms with E-state index in [1.165, 1.54) is 23.4 Å². The normalized spacial score (nSPS) is 13.4. The van der Waals surface area contributed by atoms with Crippen molar-refractivity contribution in [2.24, 2.45) is 0 Å². The van der Waals surface area contributed by atoms with E-state index in [1.54, 1.807) is 7.11 Å². The molecule has 5 nitrogen and oxygen atoms in total. The maximum absolute atomic E-state index is 14.3. The Morgan fingerprint density at radius 3 is 2.58 bits per heavy atom. The van der Waals surface area contributed by atoms with E-state index in [2.05, 4.69) is 10.1 Å². The van der Waals surface area contributed by atoms with E-state index >= 15 is 0 Å². The Labute approximate surface area is 155 Å². The van der Waals surface area contributed by atoms with Crippen molar-refractivity contribution < 1.29 is 18.6 Å². The Morgan fingerprint density at radius 2 is 1.96 bits per heavy atom. The van der Waals surface area contributed by atoms with Crippen LogP contribution < -0.4 is 9.20 Å². The van der Waals surface area contributed by atoms with Crippen LogP contribution in [-0.2, 0) is 12.1 Å². The van der Waals surface area contributed by atoms with Crippen LogP contribution in [0.15, 0.2) is 55.1 Å². The molecule has 0 saturated carbocycles. The molecule has 0 bridgehead atoms. The monoisotopic (exact) mass is 425 g/mol. The van der Waals surface area contributed by atoms with Crippen LogP contribution in [0.1, 0.15) is 5.56 Å². The molecule has 3 aromatic rings. The summed E-state index contributed by atoms with van der Waals surface area (Å²) in [5.41, 5.74) is -1.49. The summed E-state index contributed by atoms with van der Waals surface area (Å²) >= 11 is -0.150. The fourth-order valence-electron chi connectivity index (χ4n) is 2.53. The van der Waals surface area contributed by atoms with E-state index in [0.717, 1.165) is 22.3 Å². The number of rotatable bonds is 7. The van der Waals surface area contributed by atoms with Gasteiger partial charge in [-0.15, -0.1) is 0 Å². The molecule has 1 N–H and O–H groups in total. The Bertz CT molecular complexity index is 859. The summed E-state index contributed by atoms with van der Waals surface area (Å²) in [5.74, 6) is -0.722. The Kier molecular flexibility index (Phi) is 5.66. The molecular weight excluding hydrogens is 407 g/mol. The van der Waals surface area contributed by atoms with Crippen molar-refractivity contribution in [1.82, 2.24) is 14.8 Å². The third-order valence-corrected chi connectivity index (χ3v) is 6.43. The van der Waals surface area contributed by atoms with Crippen LogP contribution in [0.4, 0.5) is 8.78 Å². The molecule has 0 fully saturated rings. The Hall–Kier alpha value is -2.28. The molecule has 8 heteroatoms. The van der Waals surface area contributed by atoms with Crippen molar-refractivity contribution in [1.29, 1.82) is 0 Å². The first kappa shape index (κ1) is 18.5. The van der Waals surface area contributed by atoms with E-state index < -0.39 is 17.2 Å². The summed E-state index contributed by atoms with van der Waals surface area (Å²) in [6.45, 7) is 0.0213. The molecule has 26 heavy (non-hydrogen) atoms. The minimum atomic E-state index is -1.54. The fraction of sp³-hybridized carbons (Fsp3) is 0.222. The van der Waals surface area contributed by atoms with Gasteiger partial charge < -0.3 is 0 Å². The van der Waals surface area contributed by atoms with Crippen molar-refractivity contribution in [2.45, 2.75) is 17.5 Å². The Balaban J connectivity index is 1.86. The third kappa shape index (κ3) is 4.27. The number of aromatic nitrogens is 3. The van der Waals surface area contributed by atoms with E-state index in [9.17, 15) is 13.9 Å². The molecule has 1 heterocycles. The zero-order valence-corrected chi connectivity index (χ0v) is 15.7. The second-order valence-corrected chi connectivity index (χ2v) is 7.91. The molecule has 0 saturated heterocycles. The van der Waals surface area contributed by atoms with Crippen LogP contribution >= 0.6 is 0 Å². The number of halogens is 2. The van der Waals surface area contributed by atoms with Gasteiger partial charge in [0.05, 0.1) is 0 Å². The van der Waals surface area contributed by atoms with E-state index in [0.29, 0.717) is 0 Å². The Morgan fingerprint density at radius 1 is 1.19 bits per heavy atom. The molecule has 1 aromatic heterocycles. The van der Waals surface area contributed by atoms with Crippen LogP contribution in [0.3, 0.4) is 0 Å². The summed E-state index contributed by atoms with van der Waals surface area (Å²) in [7, 11) is 1.59. The third-order valence-electron chi connectivity index (χ3n) is 3.86. The van der Waals surface area contributed by atoms with Gasteiger partial charge in [0.1, 0.15) is 0 Å². The number of ether oxygens (including phenoxy) is 1. The van der Waals surface area contributed by atoms with Crippen LogP contribution in [0.2, 0.25) is 5.32 Å². The van der Waals surface area contributed by atoms with Gasteiger partial charge in [-0.2, -0.15) is 0 Å². The first-order chi connectivity index (χ1) is 12.5. The van der Waals surface area contributed by atoms with Crippen molar-refractivity contribution in [2.75, 3.05) is 7.11 Å². The molecule has 136 valence electrons. The average Bonchev–Trinajstić information content (AvgIpc) is 3.13. The molecule has 3 rings (SSSR count). The molecule has 2 aromatic carbocycles. The van der Waals surface area contributed by atoms with Gasteiger partial charge in [-0.3, -0.25) is 0 Å². The van der Waals surface area contributed by atoms with Gasteiger partial charge in [-0.1, -0.05) is 0 Å². The van der Waals surface area contributed by atoms with Gasteiger partial charge in [0, 0.05) is 0 Å². The summed E-state index contributed by atoms with van der Waals surface area (Å²) in [6, 6.07) is 10.7. The van der Waals surface area contributed by atoms with Gasteiger partial charge in [0.2, 0.25) is 0 Å². The number of hydrogen-bond donors (Lipinski definition) is 1. The number of benzene rings is 2. The summed E-state index contributed by atoms with van der Waals surface area (Å²) in [5, 5.41) is 15.5.